The van der Waals surface area contributed by atoms with Gasteiger partial charge in [0, 0.05) is 17.1 Å². The van der Waals surface area contributed by atoms with Crippen molar-refractivity contribution in [2.45, 2.75) is 13.8 Å². The minimum Gasteiger partial charge on any atom is -0.461 e. The largest absolute Gasteiger partial charge is 0.461 e. The molecule has 3 rings (SSSR count). The molecule has 0 saturated heterocycles. The number of rotatable bonds is 3. The molecule has 0 spiro atoms. The Bertz CT molecular complexity index is 776. The Morgan fingerprint density at radius 2 is 2.25 bits per heavy atom. The van der Waals surface area contributed by atoms with Gasteiger partial charge >= 0.3 is 5.97 Å². The molecule has 3 aromatic heterocycles. The van der Waals surface area contributed by atoms with E-state index in [-0.39, 0.29) is 5.69 Å². The van der Waals surface area contributed by atoms with Crippen molar-refractivity contribution >= 4 is 23.0 Å². The summed E-state index contributed by atoms with van der Waals surface area (Å²) in [6.07, 6.45) is 1.72. The average Bonchev–Trinajstić information content (AvgIpc) is 3.04. The smallest absolute Gasteiger partial charge is 0.358 e. The zero-order chi connectivity index (χ0) is 14.1. The zero-order valence-electron chi connectivity index (χ0n) is 11.2. The third-order valence-corrected chi connectivity index (χ3v) is 3.86. The second-order valence-corrected chi connectivity index (χ2v) is 5.55. The third kappa shape index (κ3) is 2.18. The van der Waals surface area contributed by atoms with Crippen molar-refractivity contribution < 1.29 is 9.53 Å². The van der Waals surface area contributed by atoms with Crippen LogP contribution in [0.1, 0.15) is 22.3 Å². The fraction of sp³-hybridized carbons (Fsp3) is 0.214. The number of ether oxygens (including phenoxy) is 1. The van der Waals surface area contributed by atoms with E-state index in [2.05, 4.69) is 23.1 Å². The first-order chi connectivity index (χ1) is 9.69. The maximum Gasteiger partial charge on any atom is 0.358 e. The quantitative estimate of drug-likeness (QED) is 0.695. The lowest BCUT2D eigenvalue weighted by Gasteiger charge is -2.00. The van der Waals surface area contributed by atoms with Gasteiger partial charge in [-0.3, -0.25) is 0 Å². The molecule has 5 nitrogen and oxygen atoms in total. The van der Waals surface area contributed by atoms with Gasteiger partial charge < -0.3 is 4.74 Å². The number of carbonyl (C=O) groups is 1. The lowest BCUT2D eigenvalue weighted by molar-refractivity contribution is 0.0519. The number of aryl methyl sites for hydroxylation is 1. The van der Waals surface area contributed by atoms with E-state index in [0.29, 0.717) is 12.3 Å². The predicted octanol–water partition coefficient (Wildman–Crippen LogP) is 2.94. The molecule has 20 heavy (non-hydrogen) atoms. The Morgan fingerprint density at radius 1 is 1.40 bits per heavy atom. The lowest BCUT2D eigenvalue weighted by Crippen LogP contribution is -2.05. The van der Waals surface area contributed by atoms with Crippen molar-refractivity contribution in [1.82, 2.24) is 14.6 Å². The van der Waals surface area contributed by atoms with Crippen LogP contribution in [0.25, 0.3) is 16.2 Å². The van der Waals surface area contributed by atoms with Crippen LogP contribution in [0.15, 0.2) is 30.5 Å². The van der Waals surface area contributed by atoms with Crippen molar-refractivity contribution in [3.63, 3.8) is 0 Å². The summed E-state index contributed by atoms with van der Waals surface area (Å²) in [7, 11) is 0. The van der Waals surface area contributed by atoms with Crippen LogP contribution < -0.4 is 0 Å². The molecule has 0 aromatic carbocycles. The molecule has 102 valence electrons. The molecule has 3 heterocycles. The fourth-order valence-corrected chi connectivity index (χ4v) is 2.84. The molecular formula is C14H13N3O2S. The van der Waals surface area contributed by atoms with E-state index in [1.54, 1.807) is 35.0 Å². The first-order valence-corrected chi connectivity index (χ1v) is 7.09. The fourth-order valence-electron chi connectivity index (χ4n) is 1.96. The summed E-state index contributed by atoms with van der Waals surface area (Å²) >= 11 is 1.68. The number of aromatic nitrogens is 3. The number of fused-ring (bicyclic) bond motifs is 1. The van der Waals surface area contributed by atoms with Crippen LogP contribution >= 0.6 is 11.3 Å². The highest BCUT2D eigenvalue weighted by Gasteiger charge is 2.15. The summed E-state index contributed by atoms with van der Waals surface area (Å²) in [5.74, 6) is -0.425. The van der Waals surface area contributed by atoms with Crippen LogP contribution in [0, 0.1) is 6.92 Å². The molecule has 3 aromatic rings. The van der Waals surface area contributed by atoms with E-state index in [1.807, 2.05) is 12.1 Å². The third-order valence-electron chi connectivity index (χ3n) is 2.84. The Labute approximate surface area is 119 Å². The number of esters is 1. The second kappa shape index (κ2) is 5.05. The zero-order valence-corrected chi connectivity index (χ0v) is 12.0. The van der Waals surface area contributed by atoms with E-state index in [9.17, 15) is 4.79 Å². The van der Waals surface area contributed by atoms with E-state index in [1.165, 1.54) is 4.88 Å². The average molecular weight is 287 g/mol. The minimum absolute atomic E-state index is 0.278. The molecule has 0 saturated carbocycles. The van der Waals surface area contributed by atoms with Gasteiger partial charge in [-0.1, -0.05) is 0 Å². The second-order valence-electron chi connectivity index (χ2n) is 4.26. The summed E-state index contributed by atoms with van der Waals surface area (Å²) in [6, 6.07) is 7.63. The van der Waals surface area contributed by atoms with Gasteiger partial charge in [0.05, 0.1) is 17.2 Å². The number of hydrogen-bond acceptors (Lipinski definition) is 5. The lowest BCUT2D eigenvalue weighted by atomic mass is 10.3. The monoisotopic (exact) mass is 287 g/mol. The van der Waals surface area contributed by atoms with Crippen molar-refractivity contribution in [2.75, 3.05) is 6.61 Å². The SMILES string of the molecule is CCOC(=O)c1cc2nccc(-c3ccc(C)s3)n2n1. The van der Waals surface area contributed by atoms with Gasteiger partial charge in [-0.25, -0.2) is 14.3 Å². The first-order valence-electron chi connectivity index (χ1n) is 6.27. The minimum atomic E-state index is -0.425. The highest BCUT2D eigenvalue weighted by Crippen LogP contribution is 2.27. The molecule has 0 fully saturated rings. The molecule has 0 N–H and O–H groups in total. The predicted molar refractivity (Wildman–Crippen MR) is 77.0 cm³/mol. The van der Waals surface area contributed by atoms with E-state index in [4.69, 9.17) is 4.74 Å². The van der Waals surface area contributed by atoms with Crippen molar-refractivity contribution in [2.24, 2.45) is 0 Å². The van der Waals surface area contributed by atoms with E-state index in [0.717, 1.165) is 10.6 Å². The number of hydrogen-bond donors (Lipinski definition) is 0. The highest BCUT2D eigenvalue weighted by molar-refractivity contribution is 7.15. The Balaban J connectivity index is 2.12. The molecule has 0 bridgehead atoms. The van der Waals surface area contributed by atoms with Crippen LogP contribution in [0.3, 0.4) is 0 Å². The van der Waals surface area contributed by atoms with Crippen molar-refractivity contribution in [1.29, 1.82) is 0 Å². The standard InChI is InChI=1S/C14H13N3O2S/c1-3-19-14(18)10-8-13-15-7-6-11(17(13)16-10)12-5-4-9(2)20-12/h4-8H,3H2,1-2H3. The van der Waals surface area contributed by atoms with Crippen LogP contribution in [-0.4, -0.2) is 27.2 Å². The Kier molecular flexibility index (Phi) is 3.23. The van der Waals surface area contributed by atoms with Crippen molar-refractivity contribution in [3.8, 4) is 10.6 Å². The topological polar surface area (TPSA) is 56.5 Å². The van der Waals surface area contributed by atoms with Gasteiger partial charge in [0.25, 0.3) is 0 Å². The molecule has 0 aliphatic carbocycles. The van der Waals surface area contributed by atoms with Gasteiger partial charge in [0.2, 0.25) is 0 Å². The molecule has 0 radical (unpaired) electrons. The van der Waals surface area contributed by atoms with Gasteiger partial charge in [-0.2, -0.15) is 5.10 Å². The van der Waals surface area contributed by atoms with E-state index < -0.39 is 5.97 Å². The number of nitrogens with zero attached hydrogens (tertiary/aromatic N) is 3. The number of thiophene rings is 1. The Hall–Kier alpha value is -2.21. The molecule has 0 unspecified atom stereocenters. The summed E-state index contributed by atoms with van der Waals surface area (Å²) in [5, 5.41) is 4.30. The maximum atomic E-state index is 11.7. The van der Waals surface area contributed by atoms with Crippen LogP contribution in [0.2, 0.25) is 0 Å². The van der Waals surface area contributed by atoms with Gasteiger partial charge in [-0.15, -0.1) is 11.3 Å². The first kappa shape index (κ1) is 12.8. The molecule has 0 aliphatic rings. The summed E-state index contributed by atoms with van der Waals surface area (Å²) in [4.78, 5) is 18.3. The van der Waals surface area contributed by atoms with E-state index >= 15 is 0 Å². The van der Waals surface area contributed by atoms with Crippen LogP contribution in [0.5, 0.6) is 0 Å². The molecule has 0 atom stereocenters. The molecular weight excluding hydrogens is 274 g/mol. The Morgan fingerprint density at radius 3 is 2.95 bits per heavy atom. The molecule has 6 heteroatoms. The highest BCUT2D eigenvalue weighted by atomic mass is 32.1. The van der Waals surface area contributed by atoms with Gasteiger partial charge in [0.1, 0.15) is 0 Å². The number of carbonyl (C=O) groups excluding carboxylic acids is 1. The summed E-state index contributed by atoms with van der Waals surface area (Å²) < 4.78 is 6.65. The summed E-state index contributed by atoms with van der Waals surface area (Å²) in [5.41, 5.74) is 1.83. The van der Waals surface area contributed by atoms with Crippen LogP contribution in [-0.2, 0) is 4.74 Å². The van der Waals surface area contributed by atoms with Gasteiger partial charge in [0.15, 0.2) is 11.3 Å². The molecule has 0 aliphatic heterocycles. The molecule has 0 amide bonds. The van der Waals surface area contributed by atoms with Crippen LogP contribution in [0.4, 0.5) is 0 Å². The van der Waals surface area contributed by atoms with Crippen molar-refractivity contribution in [3.05, 3.63) is 41.0 Å². The normalized spacial score (nSPS) is 10.9. The maximum absolute atomic E-state index is 11.7. The van der Waals surface area contributed by atoms with Gasteiger partial charge in [-0.05, 0) is 32.0 Å². The summed E-state index contributed by atoms with van der Waals surface area (Å²) in [6.45, 7) is 4.16.